The van der Waals surface area contributed by atoms with E-state index in [-0.39, 0.29) is 30.2 Å². The van der Waals surface area contributed by atoms with Crippen LogP contribution in [0.5, 0.6) is 0 Å². The van der Waals surface area contributed by atoms with Crippen LogP contribution in [0.2, 0.25) is 0 Å². The molecule has 1 aromatic carbocycles. The predicted molar refractivity (Wildman–Crippen MR) is 118 cm³/mol. The van der Waals surface area contributed by atoms with Crippen molar-refractivity contribution in [2.24, 2.45) is 0 Å². The Balaban J connectivity index is 0.00000289. The Bertz CT molecular complexity index is 1090. The summed E-state index contributed by atoms with van der Waals surface area (Å²) >= 11 is 0. The zero-order valence-electron chi connectivity index (χ0n) is 17.5. The molecule has 32 heavy (non-hydrogen) atoms. The zero-order chi connectivity index (χ0) is 22.2. The standard InChI is InChI=1S/C21H23F3N6O.ClH/c1-12-3-5-15-16(9-12)29-19(28-15)17-10-13(7-8-30(17)2)26-20(31)27-14-4-6-18(25-11-14)21(22,23)24;/h3-6,9,11,13,17H,7-8,10H2,1-2H3,(H,28,29)(H2,26,27,31);1H/t13-,17-;/m1./s1. The van der Waals surface area contributed by atoms with Gasteiger partial charge in [0.05, 0.1) is 29.0 Å². The molecule has 0 radical (unpaired) electrons. The molecular formula is C21H24ClF3N6O. The van der Waals surface area contributed by atoms with Crippen molar-refractivity contribution >= 4 is 35.2 Å². The quantitative estimate of drug-likeness (QED) is 0.521. The Kier molecular flexibility index (Phi) is 6.94. The first kappa shape index (κ1) is 23.8. The number of pyridine rings is 1. The Hall–Kier alpha value is -2.85. The second-order valence-corrected chi connectivity index (χ2v) is 7.89. The lowest BCUT2D eigenvalue weighted by atomic mass is 9.97. The number of fused-ring (bicyclic) bond motifs is 1. The maximum atomic E-state index is 12.6. The van der Waals surface area contributed by atoms with Crippen molar-refractivity contribution in [2.75, 3.05) is 18.9 Å². The number of urea groups is 1. The fraction of sp³-hybridized carbons (Fsp3) is 0.381. The van der Waals surface area contributed by atoms with Crippen molar-refractivity contribution in [3.8, 4) is 0 Å². The summed E-state index contributed by atoms with van der Waals surface area (Å²) in [6.07, 6.45) is -2.10. The summed E-state index contributed by atoms with van der Waals surface area (Å²) in [6.45, 7) is 2.80. The number of H-pyrrole nitrogens is 1. The smallest absolute Gasteiger partial charge is 0.341 e. The number of hydrogen-bond acceptors (Lipinski definition) is 4. The van der Waals surface area contributed by atoms with Gasteiger partial charge in [0.2, 0.25) is 0 Å². The number of aromatic nitrogens is 3. The van der Waals surface area contributed by atoms with Gasteiger partial charge in [-0.2, -0.15) is 13.2 Å². The van der Waals surface area contributed by atoms with Gasteiger partial charge in [0.25, 0.3) is 0 Å². The van der Waals surface area contributed by atoms with Crippen LogP contribution in [0, 0.1) is 6.92 Å². The highest BCUT2D eigenvalue weighted by Gasteiger charge is 2.32. The normalized spacial score (nSPS) is 19.4. The molecule has 0 bridgehead atoms. The number of halogens is 4. The molecular weight excluding hydrogens is 445 g/mol. The molecule has 0 spiro atoms. The van der Waals surface area contributed by atoms with Crippen LogP contribution >= 0.6 is 12.4 Å². The molecule has 3 N–H and O–H groups in total. The number of rotatable bonds is 3. The minimum atomic E-state index is -4.51. The van der Waals surface area contributed by atoms with Crippen LogP contribution in [0.25, 0.3) is 11.0 Å². The number of imidazole rings is 1. The number of benzene rings is 1. The molecule has 4 rings (SSSR count). The molecule has 2 aromatic heterocycles. The van der Waals surface area contributed by atoms with E-state index < -0.39 is 17.9 Å². The third-order valence-electron chi connectivity index (χ3n) is 5.49. The summed E-state index contributed by atoms with van der Waals surface area (Å²) in [5.74, 6) is 0.849. The van der Waals surface area contributed by atoms with Gasteiger partial charge in [0, 0.05) is 12.6 Å². The van der Waals surface area contributed by atoms with E-state index >= 15 is 0 Å². The number of carbonyl (C=O) groups excluding carboxylic acids is 1. The van der Waals surface area contributed by atoms with Crippen LogP contribution in [0.3, 0.4) is 0 Å². The molecule has 3 aromatic rings. The largest absolute Gasteiger partial charge is 0.433 e. The van der Waals surface area contributed by atoms with E-state index in [0.717, 1.165) is 47.7 Å². The van der Waals surface area contributed by atoms with Crippen LogP contribution in [0.15, 0.2) is 36.5 Å². The van der Waals surface area contributed by atoms with Gasteiger partial charge in [-0.15, -0.1) is 12.4 Å². The lowest BCUT2D eigenvalue weighted by molar-refractivity contribution is -0.141. The summed E-state index contributed by atoms with van der Waals surface area (Å²) in [6, 6.07) is 7.51. The topological polar surface area (TPSA) is 85.9 Å². The first-order valence-corrected chi connectivity index (χ1v) is 9.96. The van der Waals surface area contributed by atoms with Gasteiger partial charge in [0.1, 0.15) is 11.5 Å². The summed E-state index contributed by atoms with van der Waals surface area (Å²) < 4.78 is 37.8. The molecule has 0 saturated carbocycles. The van der Waals surface area contributed by atoms with Crippen molar-refractivity contribution in [3.05, 3.63) is 53.6 Å². The van der Waals surface area contributed by atoms with Gasteiger partial charge in [-0.1, -0.05) is 6.07 Å². The minimum absolute atomic E-state index is 0. The van der Waals surface area contributed by atoms with Crippen molar-refractivity contribution in [1.29, 1.82) is 0 Å². The van der Waals surface area contributed by atoms with E-state index in [1.165, 1.54) is 6.07 Å². The van der Waals surface area contributed by atoms with Gasteiger partial charge in [-0.3, -0.25) is 4.90 Å². The van der Waals surface area contributed by atoms with Crippen LogP contribution in [0.4, 0.5) is 23.7 Å². The number of aryl methyl sites for hydroxylation is 1. The molecule has 0 aliphatic carbocycles. The number of likely N-dealkylation sites (tertiary alicyclic amines) is 1. The average molecular weight is 469 g/mol. The molecule has 1 saturated heterocycles. The number of nitrogens with one attached hydrogen (secondary N) is 3. The third kappa shape index (κ3) is 5.31. The number of hydrogen-bond donors (Lipinski definition) is 3. The summed E-state index contributed by atoms with van der Waals surface area (Å²) in [5, 5.41) is 5.45. The highest BCUT2D eigenvalue weighted by atomic mass is 35.5. The monoisotopic (exact) mass is 468 g/mol. The van der Waals surface area contributed by atoms with Crippen molar-refractivity contribution in [1.82, 2.24) is 25.2 Å². The Morgan fingerprint density at radius 2 is 2.03 bits per heavy atom. The number of alkyl halides is 3. The average Bonchev–Trinajstić information content (AvgIpc) is 3.12. The van der Waals surface area contributed by atoms with E-state index in [1.54, 1.807) is 0 Å². The zero-order valence-corrected chi connectivity index (χ0v) is 18.3. The van der Waals surface area contributed by atoms with Crippen LogP contribution in [-0.4, -0.2) is 45.5 Å². The number of nitrogens with zero attached hydrogens (tertiary/aromatic N) is 3. The molecule has 1 fully saturated rings. The van der Waals surface area contributed by atoms with Crippen molar-refractivity contribution in [3.63, 3.8) is 0 Å². The molecule has 172 valence electrons. The maximum absolute atomic E-state index is 12.6. The molecule has 1 aliphatic rings. The Morgan fingerprint density at radius 1 is 1.25 bits per heavy atom. The number of carbonyl (C=O) groups is 1. The second-order valence-electron chi connectivity index (χ2n) is 7.89. The highest BCUT2D eigenvalue weighted by molar-refractivity contribution is 5.89. The molecule has 3 heterocycles. The molecule has 2 amide bonds. The lowest BCUT2D eigenvalue weighted by Crippen LogP contribution is -2.46. The van der Waals surface area contributed by atoms with Crippen LogP contribution in [0.1, 0.15) is 36.0 Å². The fourth-order valence-corrected chi connectivity index (χ4v) is 3.82. The first-order chi connectivity index (χ1) is 14.7. The van der Waals surface area contributed by atoms with Crippen molar-refractivity contribution < 1.29 is 18.0 Å². The maximum Gasteiger partial charge on any atom is 0.433 e. The number of amides is 2. The second kappa shape index (κ2) is 9.33. The Labute approximate surface area is 189 Å². The van der Waals surface area contributed by atoms with Gasteiger partial charge in [0.15, 0.2) is 0 Å². The van der Waals surface area contributed by atoms with Gasteiger partial charge in [-0.25, -0.2) is 14.8 Å². The van der Waals surface area contributed by atoms with E-state index in [2.05, 4.69) is 31.6 Å². The van der Waals surface area contributed by atoms with Gasteiger partial charge < -0.3 is 15.6 Å². The minimum Gasteiger partial charge on any atom is -0.341 e. The third-order valence-corrected chi connectivity index (χ3v) is 5.49. The fourth-order valence-electron chi connectivity index (χ4n) is 3.82. The Morgan fingerprint density at radius 3 is 2.72 bits per heavy atom. The summed E-state index contributed by atoms with van der Waals surface area (Å²) in [5.41, 5.74) is 2.22. The molecule has 1 aliphatic heterocycles. The molecule has 2 atom stereocenters. The van der Waals surface area contributed by atoms with Crippen LogP contribution in [-0.2, 0) is 6.18 Å². The number of anilines is 1. The number of piperidine rings is 1. The molecule has 0 unspecified atom stereocenters. The van der Waals surface area contributed by atoms with Gasteiger partial charge in [-0.05, 0) is 56.6 Å². The number of aromatic amines is 1. The van der Waals surface area contributed by atoms with E-state index in [0.29, 0.717) is 6.42 Å². The highest BCUT2D eigenvalue weighted by Crippen LogP contribution is 2.30. The van der Waals surface area contributed by atoms with E-state index in [1.807, 2.05) is 26.1 Å². The van der Waals surface area contributed by atoms with E-state index in [9.17, 15) is 18.0 Å². The van der Waals surface area contributed by atoms with Crippen molar-refractivity contribution in [2.45, 2.75) is 38.0 Å². The van der Waals surface area contributed by atoms with E-state index in [4.69, 9.17) is 4.98 Å². The SMILES string of the molecule is Cc1ccc2nc([C@H]3C[C@H](NC(=O)Nc4ccc(C(F)(F)F)nc4)CCN3C)[nH]c2c1.Cl. The molecule has 7 nitrogen and oxygen atoms in total. The first-order valence-electron chi connectivity index (χ1n) is 9.96. The molecule has 11 heteroatoms. The van der Waals surface area contributed by atoms with Gasteiger partial charge >= 0.3 is 12.2 Å². The summed E-state index contributed by atoms with van der Waals surface area (Å²) in [4.78, 5) is 26.0. The summed E-state index contributed by atoms with van der Waals surface area (Å²) in [7, 11) is 2.02. The predicted octanol–water partition coefficient (Wildman–Crippen LogP) is 4.66. The lowest BCUT2D eigenvalue weighted by Gasteiger charge is -2.36. The van der Waals surface area contributed by atoms with Crippen LogP contribution < -0.4 is 10.6 Å².